The van der Waals surface area contributed by atoms with E-state index in [0.29, 0.717) is 68.1 Å². The zero-order valence-electron chi connectivity index (χ0n) is 24.0. The van der Waals surface area contributed by atoms with Gasteiger partial charge in [0.25, 0.3) is 5.91 Å². The fourth-order valence-electron chi connectivity index (χ4n) is 6.30. The molecule has 8 nitrogen and oxygen atoms in total. The summed E-state index contributed by atoms with van der Waals surface area (Å²) in [5, 5.41) is 0.541. The van der Waals surface area contributed by atoms with Gasteiger partial charge in [0.15, 0.2) is 5.82 Å². The first-order valence-electron chi connectivity index (χ1n) is 14.6. The quantitative estimate of drug-likeness (QED) is 0.410. The molecular weight excluding hydrogens is 582 g/mol. The van der Waals surface area contributed by atoms with E-state index in [4.69, 9.17) is 27.9 Å². The minimum absolute atomic E-state index is 0.0203. The van der Waals surface area contributed by atoms with Gasteiger partial charge in [-0.2, -0.15) is 0 Å². The van der Waals surface area contributed by atoms with Crippen molar-refractivity contribution in [2.45, 2.75) is 39.2 Å². The lowest BCUT2D eigenvalue weighted by Gasteiger charge is -2.32. The van der Waals surface area contributed by atoms with E-state index in [1.807, 2.05) is 19.1 Å². The molecule has 11 heteroatoms. The highest BCUT2D eigenvalue weighted by Gasteiger charge is 2.42. The van der Waals surface area contributed by atoms with Crippen molar-refractivity contribution in [2.24, 2.45) is 11.8 Å². The molecule has 226 valence electrons. The Morgan fingerprint density at radius 3 is 2.31 bits per heavy atom. The number of anilines is 1. The first-order chi connectivity index (χ1) is 20.1. The molecule has 2 unspecified atom stereocenters. The summed E-state index contributed by atoms with van der Waals surface area (Å²) in [6.07, 6.45) is 1.33. The highest BCUT2D eigenvalue weighted by Crippen LogP contribution is 2.33. The van der Waals surface area contributed by atoms with Crippen molar-refractivity contribution in [1.82, 2.24) is 14.7 Å². The van der Waals surface area contributed by atoms with Crippen molar-refractivity contribution in [3.63, 3.8) is 0 Å². The van der Waals surface area contributed by atoms with Crippen LogP contribution in [0, 0.1) is 24.6 Å². The smallest absolute Gasteiger partial charge is 0.414 e. The topological polar surface area (TPSA) is 73.4 Å². The second kappa shape index (κ2) is 13.2. The Hall–Kier alpha value is -2.88. The second-order valence-electron chi connectivity index (χ2n) is 11.6. The number of piperidine rings is 1. The Morgan fingerprint density at radius 2 is 1.67 bits per heavy atom. The van der Waals surface area contributed by atoms with Crippen LogP contribution in [0.1, 0.15) is 42.1 Å². The molecule has 0 aliphatic carbocycles. The molecule has 3 heterocycles. The summed E-state index contributed by atoms with van der Waals surface area (Å²) < 4.78 is 20.3. The molecule has 2 atom stereocenters. The van der Waals surface area contributed by atoms with Crippen LogP contribution in [0.3, 0.4) is 0 Å². The number of rotatable bonds is 7. The molecule has 5 rings (SSSR count). The van der Waals surface area contributed by atoms with Gasteiger partial charge in [-0.1, -0.05) is 35.3 Å². The van der Waals surface area contributed by atoms with Gasteiger partial charge in [-0.25, -0.2) is 9.18 Å². The number of fused-ring (bicyclic) bond motifs is 1. The molecular formula is C31H37Cl2FN4O4. The number of benzene rings is 2. The van der Waals surface area contributed by atoms with Crippen LogP contribution in [0.25, 0.3) is 0 Å². The first-order valence-corrected chi connectivity index (χ1v) is 15.3. The van der Waals surface area contributed by atoms with E-state index in [1.54, 1.807) is 33.8 Å². The highest BCUT2D eigenvalue weighted by molar-refractivity contribution is 6.31. The maximum Gasteiger partial charge on any atom is 0.414 e. The Balaban J connectivity index is 1.15. The normalized spacial score (nSPS) is 21.0. The largest absolute Gasteiger partial charge is 0.446 e. The molecule has 0 saturated carbocycles. The number of halogens is 3. The number of carbonyl (C=O) groups is 3. The molecule has 42 heavy (non-hydrogen) atoms. The Kier molecular flexibility index (Phi) is 9.60. The fourth-order valence-corrected chi connectivity index (χ4v) is 6.65. The maximum absolute atomic E-state index is 14.4. The summed E-state index contributed by atoms with van der Waals surface area (Å²) in [7, 11) is 0. The van der Waals surface area contributed by atoms with Crippen LogP contribution in [0.2, 0.25) is 10.0 Å². The SMILES string of the molecule is CC(=O)N1CCC(OC(=O)N(CCCN2CC3CN(C(=O)c4cccc(Cl)c4F)CC3C2)c2ccc(C)c(Cl)c2)CC1. The van der Waals surface area contributed by atoms with Crippen LogP contribution in [0.15, 0.2) is 36.4 Å². The maximum atomic E-state index is 14.4. The number of hydrogen-bond donors (Lipinski definition) is 0. The van der Waals surface area contributed by atoms with Gasteiger partial charge in [0.2, 0.25) is 5.91 Å². The summed E-state index contributed by atoms with van der Waals surface area (Å²) in [5.74, 6) is -0.282. The molecule has 3 aliphatic rings. The van der Waals surface area contributed by atoms with E-state index in [2.05, 4.69) is 4.90 Å². The van der Waals surface area contributed by atoms with Crippen LogP contribution in [0.5, 0.6) is 0 Å². The van der Waals surface area contributed by atoms with Crippen LogP contribution in [0.4, 0.5) is 14.9 Å². The van der Waals surface area contributed by atoms with Gasteiger partial charge in [0.1, 0.15) is 6.10 Å². The predicted octanol–water partition coefficient (Wildman–Crippen LogP) is 5.49. The van der Waals surface area contributed by atoms with Gasteiger partial charge in [-0.05, 0) is 61.6 Å². The summed E-state index contributed by atoms with van der Waals surface area (Å²) in [6, 6.07) is 10.1. The molecule has 0 aromatic heterocycles. The Morgan fingerprint density at radius 1 is 0.976 bits per heavy atom. The molecule has 0 spiro atoms. The molecule has 0 N–H and O–H groups in total. The number of nitrogens with zero attached hydrogens (tertiary/aromatic N) is 4. The van der Waals surface area contributed by atoms with E-state index in [-0.39, 0.29) is 28.5 Å². The van der Waals surface area contributed by atoms with Crippen LogP contribution < -0.4 is 4.90 Å². The van der Waals surface area contributed by atoms with Gasteiger partial charge in [-0.15, -0.1) is 0 Å². The third-order valence-corrected chi connectivity index (χ3v) is 9.43. The summed E-state index contributed by atoms with van der Waals surface area (Å²) in [4.78, 5) is 45.5. The molecule has 3 saturated heterocycles. The van der Waals surface area contributed by atoms with Gasteiger partial charge < -0.3 is 19.4 Å². The van der Waals surface area contributed by atoms with Crippen LogP contribution in [-0.2, 0) is 9.53 Å². The highest BCUT2D eigenvalue weighted by atomic mass is 35.5. The lowest BCUT2D eigenvalue weighted by atomic mass is 10.0. The van der Waals surface area contributed by atoms with Crippen molar-refractivity contribution >= 4 is 46.8 Å². The molecule has 3 amide bonds. The van der Waals surface area contributed by atoms with E-state index < -0.39 is 11.9 Å². The van der Waals surface area contributed by atoms with Crippen molar-refractivity contribution in [3.8, 4) is 0 Å². The van der Waals surface area contributed by atoms with Gasteiger partial charge in [0.05, 0.1) is 10.6 Å². The number of aryl methyl sites for hydroxylation is 1. The number of carbonyl (C=O) groups excluding carboxylic acids is 3. The van der Waals surface area contributed by atoms with Crippen molar-refractivity contribution in [3.05, 3.63) is 63.4 Å². The number of likely N-dealkylation sites (tertiary alicyclic amines) is 3. The second-order valence-corrected chi connectivity index (χ2v) is 12.4. The van der Waals surface area contributed by atoms with Crippen molar-refractivity contribution in [1.29, 1.82) is 0 Å². The first kappa shape index (κ1) is 30.6. The van der Waals surface area contributed by atoms with E-state index in [9.17, 15) is 18.8 Å². The lowest BCUT2D eigenvalue weighted by molar-refractivity contribution is -0.130. The summed E-state index contributed by atoms with van der Waals surface area (Å²) in [6.45, 7) is 8.78. The molecule has 3 fully saturated rings. The third kappa shape index (κ3) is 6.84. The van der Waals surface area contributed by atoms with Crippen molar-refractivity contribution in [2.75, 3.05) is 57.3 Å². The molecule has 2 aromatic carbocycles. The van der Waals surface area contributed by atoms with Crippen LogP contribution >= 0.6 is 23.2 Å². The predicted molar refractivity (Wildman–Crippen MR) is 161 cm³/mol. The Bertz CT molecular complexity index is 1320. The Labute approximate surface area is 256 Å². The monoisotopic (exact) mass is 618 g/mol. The molecule has 0 bridgehead atoms. The summed E-state index contributed by atoms with van der Waals surface area (Å²) >= 11 is 12.3. The van der Waals surface area contributed by atoms with Crippen LogP contribution in [-0.4, -0.2) is 91.1 Å². The van der Waals surface area contributed by atoms with Gasteiger partial charge in [-0.3, -0.25) is 14.5 Å². The zero-order valence-corrected chi connectivity index (χ0v) is 25.5. The number of ether oxygens (including phenoxy) is 1. The fraction of sp³-hybridized carbons (Fsp3) is 0.516. The lowest BCUT2D eigenvalue weighted by Crippen LogP contribution is -2.43. The van der Waals surface area contributed by atoms with E-state index >= 15 is 0 Å². The minimum Gasteiger partial charge on any atom is -0.446 e. The number of amides is 3. The minimum atomic E-state index is -0.665. The van der Waals surface area contributed by atoms with E-state index in [0.717, 1.165) is 31.6 Å². The van der Waals surface area contributed by atoms with Gasteiger partial charge >= 0.3 is 6.09 Å². The van der Waals surface area contributed by atoms with Gasteiger partial charge in [0, 0.05) is 76.3 Å². The third-order valence-electron chi connectivity index (χ3n) is 8.73. The average molecular weight is 620 g/mol. The summed E-state index contributed by atoms with van der Waals surface area (Å²) in [5.41, 5.74) is 1.64. The number of hydrogen-bond acceptors (Lipinski definition) is 5. The zero-order chi connectivity index (χ0) is 30.0. The molecule has 0 radical (unpaired) electrons. The van der Waals surface area contributed by atoms with Crippen molar-refractivity contribution < 1.29 is 23.5 Å². The van der Waals surface area contributed by atoms with E-state index in [1.165, 1.54) is 12.1 Å². The average Bonchev–Trinajstić information content (AvgIpc) is 3.53. The molecule has 2 aromatic rings. The standard InChI is InChI=1S/C31H37Cl2FN4O4/c1-20-7-8-24(15-28(20)33)38(31(41)42-25-9-13-36(14-10-25)21(2)39)12-4-11-35-16-22-18-37(19-23(22)17-35)30(40)26-5-3-6-27(32)29(26)34/h3,5-8,15,22-23,25H,4,9-14,16-19H2,1-2H3. The molecule has 3 aliphatic heterocycles.